The molecule has 8 nitrogen and oxygen atoms in total. The summed E-state index contributed by atoms with van der Waals surface area (Å²) in [6, 6.07) is 19.5. The minimum atomic E-state index is -3.86. The Hall–Kier alpha value is -3.76. The Morgan fingerprint density at radius 2 is 1.68 bits per heavy atom. The number of aromatic nitrogens is 1. The molecule has 0 atom stereocenters. The molecule has 0 radical (unpaired) electrons. The Bertz CT molecular complexity index is 1830. The highest BCUT2D eigenvalue weighted by molar-refractivity contribution is 7.90. The van der Waals surface area contributed by atoms with E-state index in [0.717, 1.165) is 46.4 Å². The fourth-order valence-electron chi connectivity index (χ4n) is 5.86. The molecule has 2 aromatic carbocycles. The van der Waals surface area contributed by atoms with E-state index >= 15 is 0 Å². The number of aryl methyl sites for hydroxylation is 1. The molecule has 5 rings (SSSR count). The summed E-state index contributed by atoms with van der Waals surface area (Å²) in [4.78, 5) is 32.6. The van der Waals surface area contributed by atoms with Gasteiger partial charge >= 0.3 is 0 Å². The van der Waals surface area contributed by atoms with Crippen LogP contribution in [-0.4, -0.2) is 37.5 Å². The van der Waals surface area contributed by atoms with Gasteiger partial charge in [0.1, 0.15) is 17.2 Å². The summed E-state index contributed by atoms with van der Waals surface area (Å²) in [6.45, 7) is 10.2. The number of ether oxygens (including phenoxy) is 1. The van der Waals surface area contributed by atoms with E-state index in [2.05, 4.69) is 56.8 Å². The summed E-state index contributed by atoms with van der Waals surface area (Å²) >= 11 is 1.58. The number of nitrogens with zero attached hydrogens (tertiary/aromatic N) is 1. The molecule has 4 aromatic rings. The molecule has 10 heteroatoms. The average molecular weight is 676 g/mol. The zero-order valence-corrected chi connectivity index (χ0v) is 29.5. The van der Waals surface area contributed by atoms with Gasteiger partial charge in [-0.3, -0.25) is 14.3 Å². The van der Waals surface area contributed by atoms with Crippen molar-refractivity contribution in [1.29, 1.82) is 0 Å². The molecule has 0 aliphatic heterocycles. The number of nitrogens with one attached hydrogen (secondary N) is 2. The molecule has 2 aromatic heterocycles. The van der Waals surface area contributed by atoms with Gasteiger partial charge in [-0.1, -0.05) is 78.5 Å². The summed E-state index contributed by atoms with van der Waals surface area (Å²) in [7, 11) is -3.86. The van der Waals surface area contributed by atoms with Crippen LogP contribution in [0.4, 0.5) is 0 Å². The number of sulfonamides is 1. The number of thiophene rings is 1. The molecule has 1 saturated carbocycles. The highest BCUT2D eigenvalue weighted by Gasteiger charge is 2.21. The monoisotopic (exact) mass is 675 g/mol. The van der Waals surface area contributed by atoms with Crippen LogP contribution in [-0.2, 0) is 33.1 Å². The highest BCUT2D eigenvalue weighted by Crippen LogP contribution is 2.33. The SMILES string of the molecule is CC(C)c1ccc(CCS(=O)(=O)NC(=O)CNC(=O)c2cc3ccc(Oc4ccc(C(C)(C)C)cc4)cc3c(CC3CCCC3)n2)s1. The van der Waals surface area contributed by atoms with Crippen LogP contribution in [0, 0.1) is 5.92 Å². The number of pyridine rings is 1. The first-order chi connectivity index (χ1) is 22.3. The topological polar surface area (TPSA) is 114 Å². The predicted molar refractivity (Wildman–Crippen MR) is 189 cm³/mol. The number of carbonyl (C=O) groups excluding carboxylic acids is 2. The van der Waals surface area contributed by atoms with E-state index in [0.29, 0.717) is 24.0 Å². The third kappa shape index (κ3) is 9.41. The lowest BCUT2D eigenvalue weighted by Crippen LogP contribution is -2.41. The van der Waals surface area contributed by atoms with Crippen molar-refractivity contribution < 1.29 is 22.7 Å². The van der Waals surface area contributed by atoms with Gasteiger partial charge in [-0.2, -0.15) is 0 Å². The van der Waals surface area contributed by atoms with Gasteiger partial charge in [0.2, 0.25) is 10.0 Å². The van der Waals surface area contributed by atoms with E-state index in [-0.39, 0.29) is 16.9 Å². The maximum Gasteiger partial charge on any atom is 0.270 e. The van der Waals surface area contributed by atoms with Gasteiger partial charge in [-0.05, 0) is 83.5 Å². The number of carbonyl (C=O) groups is 2. The second kappa shape index (κ2) is 14.6. The molecule has 1 fully saturated rings. The summed E-state index contributed by atoms with van der Waals surface area (Å²) < 4.78 is 33.4. The number of fused-ring (bicyclic) bond motifs is 1. The van der Waals surface area contributed by atoms with Crippen molar-refractivity contribution in [2.24, 2.45) is 5.92 Å². The summed E-state index contributed by atoms with van der Waals surface area (Å²) in [5, 5.41) is 4.32. The van der Waals surface area contributed by atoms with Crippen molar-refractivity contribution in [1.82, 2.24) is 15.0 Å². The molecular weight excluding hydrogens is 631 g/mol. The lowest BCUT2D eigenvalue weighted by molar-refractivity contribution is -0.118. The smallest absolute Gasteiger partial charge is 0.270 e. The van der Waals surface area contributed by atoms with Crippen LogP contribution in [0.3, 0.4) is 0 Å². The van der Waals surface area contributed by atoms with E-state index in [1.54, 1.807) is 17.4 Å². The van der Waals surface area contributed by atoms with Crippen LogP contribution >= 0.6 is 11.3 Å². The first kappa shape index (κ1) is 34.6. The average Bonchev–Trinajstić information content (AvgIpc) is 3.71. The molecule has 0 spiro atoms. The summed E-state index contributed by atoms with van der Waals surface area (Å²) in [6.07, 6.45) is 5.67. The van der Waals surface area contributed by atoms with Gasteiger partial charge in [-0.15, -0.1) is 11.3 Å². The highest BCUT2D eigenvalue weighted by atomic mass is 32.2. The lowest BCUT2D eigenvalue weighted by atomic mass is 9.87. The fraction of sp³-hybridized carbons (Fsp3) is 0.432. The molecule has 0 unspecified atom stereocenters. The Balaban J connectivity index is 1.26. The maximum atomic E-state index is 13.2. The van der Waals surface area contributed by atoms with Gasteiger partial charge in [0, 0.05) is 20.8 Å². The van der Waals surface area contributed by atoms with Crippen LogP contribution in [0.15, 0.2) is 60.7 Å². The Morgan fingerprint density at radius 3 is 2.34 bits per heavy atom. The molecule has 0 bridgehead atoms. The van der Waals surface area contributed by atoms with Gasteiger partial charge < -0.3 is 10.1 Å². The van der Waals surface area contributed by atoms with Crippen molar-refractivity contribution >= 4 is 43.9 Å². The fourth-order valence-corrected chi connectivity index (χ4v) is 8.02. The first-order valence-corrected chi connectivity index (χ1v) is 18.8. The van der Waals surface area contributed by atoms with Crippen molar-refractivity contribution in [3.8, 4) is 11.5 Å². The molecule has 2 N–H and O–H groups in total. The van der Waals surface area contributed by atoms with Crippen molar-refractivity contribution in [2.45, 2.75) is 84.5 Å². The molecule has 0 saturated heterocycles. The molecule has 2 amide bonds. The van der Waals surface area contributed by atoms with E-state index in [9.17, 15) is 18.0 Å². The predicted octanol–water partition coefficient (Wildman–Crippen LogP) is 7.66. The third-order valence-corrected chi connectivity index (χ3v) is 11.3. The second-order valence-corrected chi connectivity index (χ2v) is 16.8. The molecule has 47 heavy (non-hydrogen) atoms. The zero-order valence-electron chi connectivity index (χ0n) is 27.9. The van der Waals surface area contributed by atoms with E-state index in [1.165, 1.54) is 23.3 Å². The van der Waals surface area contributed by atoms with Crippen molar-refractivity contribution in [2.75, 3.05) is 12.3 Å². The maximum absolute atomic E-state index is 13.2. The van der Waals surface area contributed by atoms with E-state index in [1.807, 2.05) is 42.5 Å². The normalized spacial score (nSPS) is 14.1. The number of amides is 2. The number of rotatable bonds is 12. The Kier molecular flexibility index (Phi) is 10.7. The molecule has 250 valence electrons. The van der Waals surface area contributed by atoms with Crippen LogP contribution in [0.1, 0.15) is 97.7 Å². The number of benzene rings is 2. The minimum absolute atomic E-state index is 0.0516. The van der Waals surface area contributed by atoms with Crippen molar-refractivity contribution in [3.05, 3.63) is 87.4 Å². The standard InChI is InChI=1S/C37H45N3O5S2/c1-24(2)34-17-16-30(46-34)18-19-47(43,44)40-35(41)23-38-36(42)33-21-26-10-13-29(45-28-14-11-27(12-15-28)37(3,4)5)22-31(26)32(39-33)20-25-8-6-7-9-25/h10-17,21-22,24-25H,6-9,18-20,23H2,1-5H3,(H,38,42)(H,40,41). The quantitative estimate of drug-likeness (QED) is 0.159. The largest absolute Gasteiger partial charge is 0.457 e. The summed E-state index contributed by atoms with van der Waals surface area (Å²) in [5.41, 5.74) is 2.28. The van der Waals surface area contributed by atoms with Crippen LogP contribution < -0.4 is 14.8 Å². The first-order valence-electron chi connectivity index (χ1n) is 16.4. The van der Waals surface area contributed by atoms with E-state index < -0.39 is 28.4 Å². The molecule has 1 aliphatic rings. The molecule has 1 aliphatic carbocycles. The van der Waals surface area contributed by atoms with E-state index in [4.69, 9.17) is 9.72 Å². The van der Waals surface area contributed by atoms with Gasteiger partial charge in [0.15, 0.2) is 0 Å². The number of hydrogen-bond acceptors (Lipinski definition) is 7. The Morgan fingerprint density at radius 1 is 0.979 bits per heavy atom. The van der Waals surface area contributed by atoms with Crippen molar-refractivity contribution in [3.63, 3.8) is 0 Å². The van der Waals surface area contributed by atoms with Gasteiger partial charge in [0.05, 0.1) is 12.3 Å². The minimum Gasteiger partial charge on any atom is -0.457 e. The van der Waals surface area contributed by atoms with Gasteiger partial charge in [0.25, 0.3) is 11.8 Å². The number of hydrogen-bond donors (Lipinski definition) is 2. The third-order valence-electron chi connectivity index (χ3n) is 8.58. The van der Waals surface area contributed by atoms with Crippen LogP contribution in [0.25, 0.3) is 10.8 Å². The molecular formula is C37H45N3O5S2. The van der Waals surface area contributed by atoms with Gasteiger partial charge in [-0.25, -0.2) is 13.4 Å². The van der Waals surface area contributed by atoms with Crippen LogP contribution in [0.5, 0.6) is 11.5 Å². The molecule has 2 heterocycles. The zero-order chi connectivity index (χ0) is 33.8. The van der Waals surface area contributed by atoms with Crippen LogP contribution in [0.2, 0.25) is 0 Å². The second-order valence-electron chi connectivity index (χ2n) is 13.8. The lowest BCUT2D eigenvalue weighted by Gasteiger charge is -2.19. The Labute approximate surface area is 282 Å². The summed E-state index contributed by atoms with van der Waals surface area (Å²) in [5.74, 6) is 0.743.